The van der Waals surface area contributed by atoms with Crippen LogP contribution in [0.15, 0.2) is 0 Å². The van der Waals surface area contributed by atoms with E-state index in [1.807, 2.05) is 0 Å². The second-order valence-electron chi connectivity index (χ2n) is 4.19. The van der Waals surface area contributed by atoms with Crippen LogP contribution in [0.25, 0.3) is 0 Å². The van der Waals surface area contributed by atoms with E-state index in [-0.39, 0.29) is 12.2 Å². The van der Waals surface area contributed by atoms with Crippen LogP contribution in [0.4, 0.5) is 0 Å². The fourth-order valence-corrected chi connectivity index (χ4v) is 1.70. The number of aliphatic hydroxyl groups is 1. The lowest BCUT2D eigenvalue weighted by atomic mass is 9.88. The Labute approximate surface area is 74.9 Å². The van der Waals surface area contributed by atoms with Gasteiger partial charge in [0.1, 0.15) is 0 Å². The summed E-state index contributed by atoms with van der Waals surface area (Å²) in [6.45, 7) is 7.10. The van der Waals surface area contributed by atoms with Gasteiger partial charge in [0.25, 0.3) is 0 Å². The van der Waals surface area contributed by atoms with Gasteiger partial charge in [0.15, 0.2) is 0 Å². The third-order valence-corrected chi connectivity index (χ3v) is 2.83. The molecule has 3 unspecified atom stereocenters. The van der Waals surface area contributed by atoms with Crippen LogP contribution in [0.3, 0.4) is 0 Å². The summed E-state index contributed by atoms with van der Waals surface area (Å²) >= 11 is 0. The number of ether oxygens (including phenoxy) is 1. The van der Waals surface area contributed by atoms with Gasteiger partial charge in [-0.2, -0.15) is 0 Å². The van der Waals surface area contributed by atoms with Gasteiger partial charge in [-0.25, -0.2) is 0 Å². The Balaban J connectivity index is 2.30. The van der Waals surface area contributed by atoms with E-state index in [0.717, 1.165) is 13.0 Å². The van der Waals surface area contributed by atoms with E-state index >= 15 is 0 Å². The topological polar surface area (TPSA) is 29.5 Å². The molecule has 0 aromatic carbocycles. The zero-order valence-corrected chi connectivity index (χ0v) is 8.29. The summed E-state index contributed by atoms with van der Waals surface area (Å²) in [5.41, 5.74) is 0. The van der Waals surface area contributed by atoms with Crippen LogP contribution in [-0.4, -0.2) is 23.9 Å². The number of aliphatic hydroxyl groups excluding tert-OH is 1. The lowest BCUT2D eigenvalue weighted by molar-refractivity contribution is -0.0818. The van der Waals surface area contributed by atoms with Crippen LogP contribution in [0.1, 0.15) is 33.6 Å². The van der Waals surface area contributed by atoms with Gasteiger partial charge in [0.05, 0.1) is 18.8 Å². The molecule has 0 spiro atoms. The van der Waals surface area contributed by atoms with Crippen molar-refractivity contribution >= 4 is 0 Å². The van der Waals surface area contributed by atoms with Crippen LogP contribution in [0.2, 0.25) is 0 Å². The molecule has 1 aliphatic rings. The summed E-state index contributed by atoms with van der Waals surface area (Å²) in [5.74, 6) is 1.40. The molecule has 0 bridgehead atoms. The molecule has 0 aliphatic carbocycles. The molecular weight excluding hydrogens is 152 g/mol. The first-order valence-electron chi connectivity index (χ1n) is 4.91. The van der Waals surface area contributed by atoms with Gasteiger partial charge in [-0.3, -0.25) is 0 Å². The van der Waals surface area contributed by atoms with Gasteiger partial charge in [0.2, 0.25) is 0 Å². The lowest BCUT2D eigenvalue weighted by Gasteiger charge is -2.32. The molecule has 3 atom stereocenters. The minimum Gasteiger partial charge on any atom is -0.391 e. The van der Waals surface area contributed by atoms with Crippen molar-refractivity contribution in [1.29, 1.82) is 0 Å². The quantitative estimate of drug-likeness (QED) is 0.688. The van der Waals surface area contributed by atoms with E-state index in [1.165, 1.54) is 6.42 Å². The minimum absolute atomic E-state index is 0.0833. The van der Waals surface area contributed by atoms with Gasteiger partial charge < -0.3 is 9.84 Å². The standard InChI is InChI=1S/C10H20O2/c1-7(2)9-4-5-10(8(3)11)12-6-9/h7-11H,4-6H2,1-3H3. The Hall–Kier alpha value is -0.0800. The van der Waals surface area contributed by atoms with Crippen molar-refractivity contribution in [3.8, 4) is 0 Å². The zero-order chi connectivity index (χ0) is 9.14. The smallest absolute Gasteiger partial charge is 0.0831 e. The number of rotatable bonds is 2. The Morgan fingerprint density at radius 1 is 1.25 bits per heavy atom. The summed E-state index contributed by atoms with van der Waals surface area (Å²) in [4.78, 5) is 0. The van der Waals surface area contributed by atoms with E-state index in [4.69, 9.17) is 4.74 Å². The highest BCUT2D eigenvalue weighted by Gasteiger charge is 2.26. The highest BCUT2D eigenvalue weighted by Crippen LogP contribution is 2.26. The van der Waals surface area contributed by atoms with Gasteiger partial charge in [0, 0.05) is 0 Å². The van der Waals surface area contributed by atoms with E-state index in [1.54, 1.807) is 6.92 Å². The monoisotopic (exact) mass is 172 g/mol. The van der Waals surface area contributed by atoms with Crippen LogP contribution in [0, 0.1) is 11.8 Å². The lowest BCUT2D eigenvalue weighted by Crippen LogP contribution is -2.35. The van der Waals surface area contributed by atoms with Crippen molar-refractivity contribution in [3.63, 3.8) is 0 Å². The van der Waals surface area contributed by atoms with E-state index in [0.29, 0.717) is 11.8 Å². The summed E-state index contributed by atoms with van der Waals surface area (Å²) in [6.07, 6.45) is 1.99. The largest absolute Gasteiger partial charge is 0.391 e. The molecule has 1 saturated heterocycles. The summed E-state index contributed by atoms with van der Waals surface area (Å²) in [6, 6.07) is 0. The summed E-state index contributed by atoms with van der Waals surface area (Å²) in [5, 5.41) is 9.28. The Morgan fingerprint density at radius 2 is 1.92 bits per heavy atom. The van der Waals surface area contributed by atoms with Gasteiger partial charge in [-0.1, -0.05) is 13.8 Å². The molecule has 0 amide bonds. The van der Waals surface area contributed by atoms with Crippen molar-refractivity contribution in [2.24, 2.45) is 11.8 Å². The second-order valence-corrected chi connectivity index (χ2v) is 4.19. The normalized spacial score (nSPS) is 33.8. The Bertz CT molecular complexity index is 108. The zero-order valence-electron chi connectivity index (χ0n) is 8.29. The number of hydrogen-bond acceptors (Lipinski definition) is 2. The Morgan fingerprint density at radius 3 is 2.25 bits per heavy atom. The second kappa shape index (κ2) is 4.24. The van der Waals surface area contributed by atoms with E-state index in [9.17, 15) is 5.11 Å². The molecule has 1 aliphatic heterocycles. The fraction of sp³-hybridized carbons (Fsp3) is 1.00. The first-order chi connectivity index (χ1) is 5.61. The molecule has 1 rings (SSSR count). The predicted molar refractivity (Wildman–Crippen MR) is 49.0 cm³/mol. The molecule has 1 heterocycles. The molecule has 0 radical (unpaired) electrons. The van der Waals surface area contributed by atoms with Crippen molar-refractivity contribution in [2.75, 3.05) is 6.61 Å². The third kappa shape index (κ3) is 2.46. The maximum atomic E-state index is 9.28. The molecule has 12 heavy (non-hydrogen) atoms. The predicted octanol–water partition coefficient (Wildman–Crippen LogP) is 1.82. The van der Waals surface area contributed by atoms with Crippen LogP contribution < -0.4 is 0 Å². The van der Waals surface area contributed by atoms with Crippen molar-refractivity contribution < 1.29 is 9.84 Å². The van der Waals surface area contributed by atoms with E-state index in [2.05, 4.69) is 13.8 Å². The van der Waals surface area contributed by atoms with Crippen molar-refractivity contribution in [3.05, 3.63) is 0 Å². The third-order valence-electron chi connectivity index (χ3n) is 2.83. The molecule has 0 saturated carbocycles. The van der Waals surface area contributed by atoms with Crippen LogP contribution in [0.5, 0.6) is 0 Å². The molecule has 1 N–H and O–H groups in total. The molecular formula is C10H20O2. The van der Waals surface area contributed by atoms with Crippen LogP contribution in [-0.2, 0) is 4.74 Å². The van der Waals surface area contributed by atoms with Gasteiger partial charge in [-0.05, 0) is 31.6 Å². The summed E-state index contributed by atoms with van der Waals surface area (Å²) < 4.78 is 5.56. The molecule has 0 aromatic heterocycles. The van der Waals surface area contributed by atoms with Crippen molar-refractivity contribution in [2.45, 2.75) is 45.8 Å². The molecule has 0 aromatic rings. The average Bonchev–Trinajstić information content (AvgIpc) is 2.04. The highest BCUT2D eigenvalue weighted by molar-refractivity contribution is 4.75. The minimum atomic E-state index is -0.307. The van der Waals surface area contributed by atoms with Gasteiger partial charge >= 0.3 is 0 Å². The van der Waals surface area contributed by atoms with Crippen LogP contribution >= 0.6 is 0 Å². The fourth-order valence-electron chi connectivity index (χ4n) is 1.70. The molecule has 2 nitrogen and oxygen atoms in total. The highest BCUT2D eigenvalue weighted by atomic mass is 16.5. The first-order valence-corrected chi connectivity index (χ1v) is 4.91. The average molecular weight is 172 g/mol. The van der Waals surface area contributed by atoms with Gasteiger partial charge in [-0.15, -0.1) is 0 Å². The Kier molecular flexibility index (Phi) is 3.53. The maximum Gasteiger partial charge on any atom is 0.0831 e. The van der Waals surface area contributed by atoms with Crippen molar-refractivity contribution in [1.82, 2.24) is 0 Å². The first kappa shape index (κ1) is 10.0. The molecule has 2 heteroatoms. The SMILES string of the molecule is CC(C)C1CCC(C(C)O)OC1. The molecule has 72 valence electrons. The molecule has 1 fully saturated rings. The summed E-state index contributed by atoms with van der Waals surface area (Å²) in [7, 11) is 0. The maximum absolute atomic E-state index is 9.28. The number of hydrogen-bond donors (Lipinski definition) is 1. The van der Waals surface area contributed by atoms with E-state index < -0.39 is 0 Å².